The van der Waals surface area contributed by atoms with Gasteiger partial charge >= 0.3 is 29.0 Å². The zero-order valence-electron chi connectivity index (χ0n) is 25.8. The van der Waals surface area contributed by atoms with Gasteiger partial charge in [-0.25, -0.2) is 29.5 Å². The smallest absolute Gasteiger partial charge is 0.545 e. The van der Waals surface area contributed by atoms with Crippen molar-refractivity contribution in [3.63, 3.8) is 0 Å². The molecule has 51 heavy (non-hydrogen) atoms. The number of nitrogens with one attached hydrogen (secondary N) is 4. The van der Waals surface area contributed by atoms with Crippen LogP contribution in [-0.2, 0) is 17.1 Å². The van der Waals surface area contributed by atoms with E-state index >= 15 is 0 Å². The molecule has 6 aromatic heterocycles. The van der Waals surface area contributed by atoms with Crippen LogP contribution in [0.4, 0.5) is 0 Å². The number of carbonyl (C=O) groups is 4. The first-order valence-electron chi connectivity index (χ1n) is 13.9. The maximum absolute atomic E-state index is 10.8. The van der Waals surface area contributed by atoms with Gasteiger partial charge in [0, 0.05) is 60.3 Å². The Labute approximate surface area is 296 Å². The number of imidazole rings is 4. The number of furan rings is 2. The normalized spacial score (nSPS) is 9.25. The number of carboxylic acids is 4. The Morgan fingerprint density at radius 2 is 0.824 bits per heavy atom. The Bertz CT molecular complexity index is 1870. The third kappa shape index (κ3) is 12.7. The third-order valence-corrected chi connectivity index (χ3v) is 5.61. The van der Waals surface area contributed by atoms with Crippen molar-refractivity contribution in [3.05, 3.63) is 146 Å². The number of aromatic carboxylic acids is 4. The summed E-state index contributed by atoms with van der Waals surface area (Å²) in [4.78, 5) is 68.6. The van der Waals surface area contributed by atoms with E-state index in [1.165, 1.54) is 24.3 Å². The van der Waals surface area contributed by atoms with E-state index in [4.69, 9.17) is 19.0 Å². The number of carbonyl (C=O) groups excluding carboxylic acids is 2. The number of aromatic amines is 4. The maximum Gasteiger partial charge on any atom is 2.00 e. The zero-order valence-corrected chi connectivity index (χ0v) is 26.7. The first kappa shape index (κ1) is 39.9. The average Bonchev–Trinajstić information content (AvgIpc) is 3.98. The SMILES string of the molecule is O=C(O)c1oc2ccccc2c1C(=O)[O-].O=C(O)c1oc2ccccc2c1C(=O)[O-].[Cu+2].c1c[nH]cn1.c1c[nH]cn1.c1c[nH]cn1.c1c[nH]cn1. The van der Waals surface area contributed by atoms with E-state index in [1.807, 2.05) is 0 Å². The van der Waals surface area contributed by atoms with Gasteiger partial charge in [0.05, 0.1) is 48.4 Å². The standard InChI is InChI=1S/2C10H6O5.4C3H4N2.Cu/c2*11-9(12)7-5-3-1-2-4-6(5)15-8(7)10(13)14;4*1-2-5-3-4-1;/h2*1-4H,(H,11,12)(H,13,14);4*1-3H,(H,4,5);/q;;;;;;+2/p-2. The summed E-state index contributed by atoms with van der Waals surface area (Å²) >= 11 is 0. The van der Waals surface area contributed by atoms with E-state index in [1.54, 1.807) is 99.1 Å². The molecule has 6 heterocycles. The molecular weight excluding hydrogens is 720 g/mol. The molecule has 0 unspecified atom stereocenters. The van der Waals surface area contributed by atoms with Gasteiger partial charge in [-0.1, -0.05) is 36.4 Å². The predicted molar refractivity (Wildman–Crippen MR) is 169 cm³/mol. The zero-order chi connectivity index (χ0) is 36.1. The largest absolute Gasteiger partial charge is 2.00 e. The van der Waals surface area contributed by atoms with E-state index in [2.05, 4.69) is 39.9 Å². The first-order chi connectivity index (χ1) is 24.2. The summed E-state index contributed by atoms with van der Waals surface area (Å²) in [6, 6.07) is 12.4. The van der Waals surface area contributed by atoms with Crippen molar-refractivity contribution in [2.75, 3.05) is 0 Å². The van der Waals surface area contributed by atoms with Crippen molar-refractivity contribution in [1.82, 2.24) is 39.9 Å². The molecule has 0 aliphatic heterocycles. The summed E-state index contributed by atoms with van der Waals surface area (Å²) in [6.45, 7) is 0. The van der Waals surface area contributed by atoms with Crippen LogP contribution >= 0.6 is 0 Å². The number of carboxylic acid groups (broad SMARTS) is 4. The number of aromatic nitrogens is 8. The summed E-state index contributed by atoms with van der Waals surface area (Å²) in [5, 5.41) is 39.5. The van der Waals surface area contributed by atoms with Gasteiger partial charge in [0.25, 0.3) is 0 Å². The second-order valence-corrected chi connectivity index (χ2v) is 8.83. The molecule has 0 saturated carbocycles. The van der Waals surface area contributed by atoms with Gasteiger partial charge in [0.1, 0.15) is 11.2 Å². The van der Waals surface area contributed by atoms with Gasteiger partial charge in [-0.2, -0.15) is 0 Å². The molecule has 8 aromatic rings. The summed E-state index contributed by atoms with van der Waals surface area (Å²) in [6.07, 6.45) is 20.3. The molecular formula is C32H26CuN8O10. The molecule has 6 N–H and O–H groups in total. The minimum atomic E-state index is -1.56. The maximum atomic E-state index is 10.8. The van der Waals surface area contributed by atoms with E-state index < -0.39 is 46.5 Å². The molecule has 1 radical (unpaired) electrons. The number of hydrogen-bond donors (Lipinski definition) is 6. The molecule has 0 amide bonds. The number of hydrogen-bond acceptors (Lipinski definition) is 12. The predicted octanol–water partition coefficient (Wildman–Crippen LogP) is 2.63. The molecule has 0 aliphatic carbocycles. The van der Waals surface area contributed by atoms with E-state index in [0.29, 0.717) is 0 Å². The number of rotatable bonds is 4. The van der Waals surface area contributed by atoms with Gasteiger partial charge in [0.2, 0.25) is 11.5 Å². The second-order valence-electron chi connectivity index (χ2n) is 8.83. The topological polar surface area (TPSA) is 296 Å². The first-order valence-corrected chi connectivity index (χ1v) is 13.9. The molecule has 0 atom stereocenters. The van der Waals surface area contributed by atoms with Crippen LogP contribution in [0.1, 0.15) is 41.8 Å². The molecule has 0 spiro atoms. The van der Waals surface area contributed by atoms with Crippen molar-refractivity contribution in [1.29, 1.82) is 0 Å². The third-order valence-electron chi connectivity index (χ3n) is 5.61. The Kier molecular flexibility index (Phi) is 16.9. The number of para-hydroxylation sites is 2. The fraction of sp³-hybridized carbons (Fsp3) is 0. The van der Waals surface area contributed by atoms with Crippen molar-refractivity contribution >= 4 is 45.8 Å². The molecule has 0 aliphatic rings. The molecule has 0 saturated heterocycles. The van der Waals surface area contributed by atoms with Gasteiger partial charge in [0.15, 0.2) is 0 Å². The fourth-order valence-corrected chi connectivity index (χ4v) is 3.66. The average molecular weight is 746 g/mol. The quantitative estimate of drug-likeness (QED) is 0.141. The minimum absolute atomic E-state index is 0. The number of nitrogens with zero attached hydrogens (tertiary/aromatic N) is 4. The molecule has 8 rings (SSSR count). The van der Waals surface area contributed by atoms with Gasteiger partial charge in [-0.3, -0.25) is 0 Å². The fourth-order valence-electron chi connectivity index (χ4n) is 3.66. The molecule has 0 bridgehead atoms. The van der Waals surface area contributed by atoms with E-state index in [0.717, 1.165) is 0 Å². The van der Waals surface area contributed by atoms with Crippen molar-refractivity contribution in [2.45, 2.75) is 0 Å². The molecule has 19 heteroatoms. The van der Waals surface area contributed by atoms with Crippen molar-refractivity contribution in [2.24, 2.45) is 0 Å². The monoisotopic (exact) mass is 745 g/mol. The van der Waals surface area contributed by atoms with Crippen LogP contribution in [0.25, 0.3) is 21.9 Å². The number of fused-ring (bicyclic) bond motifs is 2. The molecule has 18 nitrogen and oxygen atoms in total. The minimum Gasteiger partial charge on any atom is -0.545 e. The van der Waals surface area contributed by atoms with Gasteiger partial charge in [-0.15, -0.1) is 0 Å². The van der Waals surface area contributed by atoms with Crippen LogP contribution in [-0.4, -0.2) is 74.0 Å². The van der Waals surface area contributed by atoms with Crippen LogP contribution in [0, 0.1) is 0 Å². The Morgan fingerprint density at radius 1 is 0.529 bits per heavy atom. The van der Waals surface area contributed by atoms with Crippen LogP contribution in [0.3, 0.4) is 0 Å². The number of benzene rings is 2. The summed E-state index contributed by atoms with van der Waals surface area (Å²) in [5.41, 5.74) is -0.403. The molecule has 2 aromatic carbocycles. The molecule has 265 valence electrons. The Hall–Kier alpha value is -7.24. The summed E-state index contributed by atoms with van der Waals surface area (Å²) in [7, 11) is 0. The summed E-state index contributed by atoms with van der Waals surface area (Å²) in [5.74, 6) is -7.17. The van der Waals surface area contributed by atoms with Crippen LogP contribution < -0.4 is 10.2 Å². The van der Waals surface area contributed by atoms with Crippen LogP contribution in [0.15, 0.2) is 132 Å². The molecule has 0 fully saturated rings. The number of H-pyrrole nitrogens is 4. The van der Waals surface area contributed by atoms with Crippen LogP contribution in [0.2, 0.25) is 0 Å². The van der Waals surface area contributed by atoms with Gasteiger partial charge in [-0.05, 0) is 12.1 Å². The van der Waals surface area contributed by atoms with E-state index in [-0.39, 0.29) is 39.0 Å². The van der Waals surface area contributed by atoms with Crippen molar-refractivity contribution in [3.8, 4) is 0 Å². The van der Waals surface area contributed by atoms with Crippen LogP contribution in [0.5, 0.6) is 0 Å². The Morgan fingerprint density at radius 3 is 1.02 bits per heavy atom. The van der Waals surface area contributed by atoms with Gasteiger partial charge < -0.3 is 58.8 Å². The Balaban J connectivity index is 0.000000229. The second kappa shape index (κ2) is 21.6. The van der Waals surface area contributed by atoms with Crippen molar-refractivity contribution < 1.29 is 65.5 Å². The summed E-state index contributed by atoms with van der Waals surface area (Å²) < 4.78 is 9.80. The van der Waals surface area contributed by atoms with E-state index in [9.17, 15) is 29.4 Å².